The van der Waals surface area contributed by atoms with Crippen LogP contribution in [0.15, 0.2) is 30.5 Å². The fourth-order valence-corrected chi connectivity index (χ4v) is 2.82. The summed E-state index contributed by atoms with van der Waals surface area (Å²) in [4.78, 5) is 17.6. The predicted molar refractivity (Wildman–Crippen MR) is 74.2 cm³/mol. The molecule has 2 aromatic rings. The predicted octanol–water partition coefficient (Wildman–Crippen LogP) is 2.42. The minimum atomic E-state index is 0.0554. The van der Waals surface area contributed by atoms with Crippen LogP contribution < -0.4 is 0 Å². The summed E-state index contributed by atoms with van der Waals surface area (Å²) < 4.78 is 5.54. The fraction of sp³-hybridized carbons (Fsp3) is 0.400. The lowest BCUT2D eigenvalue weighted by molar-refractivity contribution is 0.0576. The molecule has 0 aliphatic carbocycles. The fourth-order valence-electron chi connectivity index (χ4n) is 2.82. The number of fused-ring (bicyclic) bond motifs is 1. The van der Waals surface area contributed by atoms with Gasteiger partial charge in [-0.25, -0.2) is 0 Å². The van der Waals surface area contributed by atoms with Crippen LogP contribution in [0.2, 0.25) is 0 Å². The number of H-pyrrole nitrogens is 1. The van der Waals surface area contributed by atoms with E-state index in [-0.39, 0.29) is 18.1 Å². The average Bonchev–Trinajstić information content (AvgIpc) is 3.03. The molecule has 1 amide bonds. The highest BCUT2D eigenvalue weighted by Crippen LogP contribution is 2.23. The largest absolute Gasteiger partial charge is 0.376 e. The number of ether oxygens (including phenoxy) is 1. The molecule has 2 heterocycles. The first-order chi connectivity index (χ1) is 9.18. The molecule has 1 aliphatic heterocycles. The molecule has 100 valence electrons. The number of aromatic amines is 1. The van der Waals surface area contributed by atoms with Gasteiger partial charge in [-0.1, -0.05) is 18.2 Å². The van der Waals surface area contributed by atoms with Crippen molar-refractivity contribution in [1.82, 2.24) is 9.88 Å². The Bertz CT molecular complexity index is 605. The SMILES string of the molecule is CC1OCCC1N(C)C(=O)c1c[nH]c2ccccc12. The van der Waals surface area contributed by atoms with Gasteiger partial charge >= 0.3 is 0 Å². The van der Waals surface area contributed by atoms with E-state index in [1.807, 2.05) is 43.1 Å². The molecule has 0 radical (unpaired) electrons. The Morgan fingerprint density at radius 2 is 2.21 bits per heavy atom. The number of nitrogens with one attached hydrogen (secondary N) is 1. The molecular weight excluding hydrogens is 240 g/mol. The molecule has 1 aromatic heterocycles. The molecule has 0 saturated carbocycles. The summed E-state index contributed by atoms with van der Waals surface area (Å²) >= 11 is 0. The Morgan fingerprint density at radius 3 is 2.95 bits per heavy atom. The maximum atomic E-state index is 12.6. The molecule has 3 rings (SSSR count). The Balaban J connectivity index is 1.91. The monoisotopic (exact) mass is 258 g/mol. The minimum absolute atomic E-state index is 0.0554. The van der Waals surface area contributed by atoms with Crippen LogP contribution in [0.5, 0.6) is 0 Å². The Labute approximate surface area is 112 Å². The van der Waals surface area contributed by atoms with Gasteiger partial charge in [0.15, 0.2) is 0 Å². The van der Waals surface area contributed by atoms with Crippen LogP contribution in [-0.4, -0.2) is 41.6 Å². The van der Waals surface area contributed by atoms with Gasteiger partial charge in [-0.15, -0.1) is 0 Å². The minimum Gasteiger partial charge on any atom is -0.376 e. The van der Waals surface area contributed by atoms with Crippen LogP contribution in [0, 0.1) is 0 Å². The first-order valence-corrected chi connectivity index (χ1v) is 6.63. The zero-order valence-corrected chi connectivity index (χ0v) is 11.2. The molecule has 4 nitrogen and oxygen atoms in total. The molecule has 1 aliphatic rings. The number of rotatable bonds is 2. The number of hydrogen-bond donors (Lipinski definition) is 1. The highest BCUT2D eigenvalue weighted by Gasteiger charge is 2.31. The number of para-hydroxylation sites is 1. The molecule has 19 heavy (non-hydrogen) atoms. The molecule has 2 atom stereocenters. The van der Waals surface area contributed by atoms with Crippen LogP contribution >= 0.6 is 0 Å². The van der Waals surface area contributed by atoms with Crippen molar-refractivity contribution in [3.8, 4) is 0 Å². The summed E-state index contributed by atoms with van der Waals surface area (Å²) in [6, 6.07) is 8.04. The number of aromatic nitrogens is 1. The molecule has 0 spiro atoms. The summed E-state index contributed by atoms with van der Waals surface area (Å²) in [6.45, 7) is 2.76. The van der Waals surface area contributed by atoms with Crippen LogP contribution in [0.1, 0.15) is 23.7 Å². The van der Waals surface area contributed by atoms with Crippen LogP contribution in [0.4, 0.5) is 0 Å². The summed E-state index contributed by atoms with van der Waals surface area (Å²) in [5, 5.41) is 0.978. The second-order valence-electron chi connectivity index (χ2n) is 5.10. The van der Waals surface area contributed by atoms with Crippen molar-refractivity contribution in [3.05, 3.63) is 36.0 Å². The number of likely N-dealkylation sites (N-methyl/N-ethyl adjacent to an activating group) is 1. The second-order valence-corrected chi connectivity index (χ2v) is 5.10. The number of carbonyl (C=O) groups is 1. The van der Waals surface area contributed by atoms with Gasteiger partial charge in [0.2, 0.25) is 0 Å². The summed E-state index contributed by atoms with van der Waals surface area (Å²) in [5.41, 5.74) is 1.73. The first-order valence-electron chi connectivity index (χ1n) is 6.63. The Kier molecular flexibility index (Phi) is 3.03. The van der Waals surface area contributed by atoms with Crippen molar-refractivity contribution in [1.29, 1.82) is 0 Å². The van der Waals surface area contributed by atoms with Gasteiger partial charge in [0.05, 0.1) is 17.7 Å². The second kappa shape index (κ2) is 4.70. The molecule has 1 aromatic carbocycles. The summed E-state index contributed by atoms with van der Waals surface area (Å²) in [5.74, 6) is 0.0554. The maximum absolute atomic E-state index is 12.6. The lowest BCUT2D eigenvalue weighted by atomic mass is 10.1. The van der Waals surface area contributed by atoms with E-state index in [1.54, 1.807) is 6.20 Å². The molecule has 4 heteroatoms. The van der Waals surface area contributed by atoms with E-state index < -0.39 is 0 Å². The van der Waals surface area contributed by atoms with Gasteiger partial charge in [-0.05, 0) is 19.4 Å². The van der Waals surface area contributed by atoms with Crippen molar-refractivity contribution in [2.45, 2.75) is 25.5 Å². The first kappa shape index (κ1) is 12.2. The molecular formula is C15H18N2O2. The summed E-state index contributed by atoms with van der Waals surface area (Å²) in [7, 11) is 1.86. The van der Waals surface area contributed by atoms with E-state index in [1.165, 1.54) is 0 Å². The highest BCUT2D eigenvalue weighted by molar-refractivity contribution is 6.06. The van der Waals surface area contributed by atoms with Gasteiger partial charge in [0.1, 0.15) is 0 Å². The van der Waals surface area contributed by atoms with Crippen LogP contribution in [-0.2, 0) is 4.74 Å². The number of benzene rings is 1. The van der Waals surface area contributed by atoms with E-state index in [0.717, 1.165) is 29.5 Å². The smallest absolute Gasteiger partial charge is 0.256 e. The van der Waals surface area contributed by atoms with Gasteiger partial charge in [0, 0.05) is 30.8 Å². The van der Waals surface area contributed by atoms with E-state index in [9.17, 15) is 4.79 Å². The number of hydrogen-bond acceptors (Lipinski definition) is 2. The third kappa shape index (κ3) is 2.02. The normalized spacial score (nSPS) is 22.8. The van der Waals surface area contributed by atoms with Crippen molar-refractivity contribution in [3.63, 3.8) is 0 Å². The number of nitrogens with zero attached hydrogens (tertiary/aromatic N) is 1. The lowest BCUT2D eigenvalue weighted by Crippen LogP contribution is -2.40. The van der Waals surface area contributed by atoms with E-state index in [0.29, 0.717) is 0 Å². The standard InChI is InChI=1S/C15H18N2O2/c1-10-14(7-8-19-10)17(2)15(18)12-9-16-13-6-4-3-5-11(12)13/h3-6,9-10,14,16H,7-8H2,1-2H3. The third-order valence-electron chi connectivity index (χ3n) is 3.97. The quantitative estimate of drug-likeness (QED) is 0.899. The molecule has 1 saturated heterocycles. The zero-order valence-electron chi connectivity index (χ0n) is 11.2. The van der Waals surface area contributed by atoms with Gasteiger partial charge in [-0.3, -0.25) is 4.79 Å². The lowest BCUT2D eigenvalue weighted by Gasteiger charge is -2.26. The van der Waals surface area contributed by atoms with Crippen molar-refractivity contribution in [2.24, 2.45) is 0 Å². The third-order valence-corrected chi connectivity index (χ3v) is 3.97. The van der Waals surface area contributed by atoms with Crippen molar-refractivity contribution < 1.29 is 9.53 Å². The summed E-state index contributed by atoms with van der Waals surface area (Å²) in [6.07, 6.45) is 2.81. The van der Waals surface area contributed by atoms with E-state index in [2.05, 4.69) is 4.98 Å². The van der Waals surface area contributed by atoms with E-state index >= 15 is 0 Å². The number of amides is 1. The topological polar surface area (TPSA) is 45.3 Å². The highest BCUT2D eigenvalue weighted by atomic mass is 16.5. The molecule has 1 N–H and O–H groups in total. The molecule has 1 fully saturated rings. The number of carbonyl (C=O) groups excluding carboxylic acids is 1. The van der Waals surface area contributed by atoms with Crippen LogP contribution in [0.3, 0.4) is 0 Å². The van der Waals surface area contributed by atoms with Gasteiger partial charge in [-0.2, -0.15) is 0 Å². The Morgan fingerprint density at radius 1 is 1.42 bits per heavy atom. The molecule has 2 unspecified atom stereocenters. The maximum Gasteiger partial charge on any atom is 0.256 e. The van der Waals surface area contributed by atoms with Crippen molar-refractivity contribution >= 4 is 16.8 Å². The van der Waals surface area contributed by atoms with E-state index in [4.69, 9.17) is 4.74 Å². The van der Waals surface area contributed by atoms with Crippen molar-refractivity contribution in [2.75, 3.05) is 13.7 Å². The van der Waals surface area contributed by atoms with Gasteiger partial charge < -0.3 is 14.6 Å². The molecule has 0 bridgehead atoms. The zero-order chi connectivity index (χ0) is 13.4. The Hall–Kier alpha value is -1.81. The van der Waals surface area contributed by atoms with Crippen LogP contribution in [0.25, 0.3) is 10.9 Å². The van der Waals surface area contributed by atoms with Gasteiger partial charge in [0.25, 0.3) is 5.91 Å². The average molecular weight is 258 g/mol.